The fourth-order valence-corrected chi connectivity index (χ4v) is 5.14. The zero-order valence-corrected chi connectivity index (χ0v) is 14.5. The molecule has 122 valence electrons. The predicted octanol–water partition coefficient (Wildman–Crippen LogP) is 3.74. The third-order valence-corrected chi connectivity index (χ3v) is 6.40. The third-order valence-electron chi connectivity index (χ3n) is 6.40. The second-order valence-corrected chi connectivity index (χ2v) is 8.05. The molecular formula is C20H31NO. The van der Waals surface area contributed by atoms with Gasteiger partial charge in [-0.25, -0.2) is 0 Å². The van der Waals surface area contributed by atoms with Crippen molar-refractivity contribution in [1.29, 1.82) is 0 Å². The first-order chi connectivity index (χ1) is 10.4. The van der Waals surface area contributed by atoms with Gasteiger partial charge >= 0.3 is 0 Å². The van der Waals surface area contributed by atoms with Gasteiger partial charge in [-0.05, 0) is 57.6 Å². The number of piperidine rings is 2. The molecular weight excluding hydrogens is 270 g/mol. The van der Waals surface area contributed by atoms with Crippen LogP contribution in [-0.2, 0) is 6.42 Å². The van der Waals surface area contributed by atoms with Gasteiger partial charge in [-0.2, -0.15) is 0 Å². The minimum Gasteiger partial charge on any atom is -0.390 e. The van der Waals surface area contributed by atoms with Crippen molar-refractivity contribution in [3.05, 3.63) is 35.9 Å². The maximum atomic E-state index is 10.6. The number of hydrogen-bond acceptors (Lipinski definition) is 2. The number of fused-ring (bicyclic) bond motifs is 3. The van der Waals surface area contributed by atoms with E-state index in [4.69, 9.17) is 0 Å². The molecule has 1 aliphatic carbocycles. The summed E-state index contributed by atoms with van der Waals surface area (Å²) in [5.74, 6) is 1.96. The highest BCUT2D eigenvalue weighted by Crippen LogP contribution is 2.50. The molecule has 0 amide bonds. The van der Waals surface area contributed by atoms with Gasteiger partial charge in [0, 0.05) is 18.0 Å². The highest BCUT2D eigenvalue weighted by atomic mass is 16.3. The van der Waals surface area contributed by atoms with Crippen molar-refractivity contribution in [2.24, 2.45) is 17.8 Å². The van der Waals surface area contributed by atoms with Crippen LogP contribution in [0, 0.1) is 17.8 Å². The van der Waals surface area contributed by atoms with Crippen molar-refractivity contribution in [3.8, 4) is 0 Å². The van der Waals surface area contributed by atoms with E-state index in [-0.39, 0.29) is 0 Å². The predicted molar refractivity (Wildman–Crippen MR) is 91.8 cm³/mol. The summed E-state index contributed by atoms with van der Waals surface area (Å²) in [7, 11) is 2.29. The van der Waals surface area contributed by atoms with Gasteiger partial charge < -0.3 is 5.11 Å². The van der Waals surface area contributed by atoms with Crippen LogP contribution in [0.5, 0.6) is 0 Å². The molecule has 2 saturated heterocycles. The maximum absolute atomic E-state index is 10.6. The molecule has 0 aromatic heterocycles. The molecule has 2 nitrogen and oxygen atoms in total. The largest absolute Gasteiger partial charge is 0.390 e. The van der Waals surface area contributed by atoms with Crippen LogP contribution in [0.1, 0.15) is 45.6 Å². The van der Waals surface area contributed by atoms with Crippen molar-refractivity contribution in [2.75, 3.05) is 7.05 Å². The molecule has 2 heterocycles. The Morgan fingerprint density at radius 3 is 2.45 bits per heavy atom. The van der Waals surface area contributed by atoms with E-state index in [2.05, 4.69) is 49.2 Å². The first-order valence-corrected chi connectivity index (χ1v) is 8.90. The minimum absolute atomic E-state index is 0.414. The highest BCUT2D eigenvalue weighted by Gasteiger charge is 2.52. The van der Waals surface area contributed by atoms with E-state index in [0.717, 1.165) is 18.3 Å². The first-order valence-electron chi connectivity index (χ1n) is 8.90. The number of benzene rings is 1. The number of hydrogen-bond donors (Lipinski definition) is 1. The van der Waals surface area contributed by atoms with Crippen LogP contribution >= 0.6 is 0 Å². The summed E-state index contributed by atoms with van der Waals surface area (Å²) in [6.07, 6.45) is 4.87. The molecule has 2 aliphatic heterocycles. The lowest BCUT2D eigenvalue weighted by Crippen LogP contribution is -2.64. The normalized spacial score (nSPS) is 35.8. The summed E-state index contributed by atoms with van der Waals surface area (Å²) in [6.45, 7) is 6.34. The Labute approximate surface area is 135 Å². The van der Waals surface area contributed by atoms with Gasteiger partial charge in [-0.1, -0.05) is 43.7 Å². The van der Waals surface area contributed by atoms with E-state index in [9.17, 15) is 5.11 Å². The molecule has 3 aliphatic rings. The topological polar surface area (TPSA) is 23.5 Å². The van der Waals surface area contributed by atoms with Crippen molar-refractivity contribution >= 4 is 0 Å². The Hall–Kier alpha value is -0.860. The quantitative estimate of drug-likeness (QED) is 0.916. The van der Waals surface area contributed by atoms with Crippen LogP contribution in [0.2, 0.25) is 0 Å². The second-order valence-electron chi connectivity index (χ2n) is 8.05. The Kier molecular flexibility index (Phi) is 4.35. The van der Waals surface area contributed by atoms with Crippen molar-refractivity contribution in [1.82, 2.24) is 4.90 Å². The summed E-state index contributed by atoms with van der Waals surface area (Å²) >= 11 is 0. The Morgan fingerprint density at radius 1 is 1.18 bits per heavy atom. The zero-order valence-electron chi connectivity index (χ0n) is 14.5. The Morgan fingerprint density at radius 2 is 1.86 bits per heavy atom. The smallest absolute Gasteiger partial charge is 0.0634 e. The van der Waals surface area contributed by atoms with E-state index in [1.54, 1.807) is 0 Å². The van der Waals surface area contributed by atoms with Gasteiger partial charge in [0.25, 0.3) is 0 Å². The molecule has 0 radical (unpaired) electrons. The van der Waals surface area contributed by atoms with Gasteiger partial charge in [0.05, 0.1) is 5.60 Å². The molecule has 1 N–H and O–H groups in total. The van der Waals surface area contributed by atoms with Crippen molar-refractivity contribution in [2.45, 2.75) is 64.1 Å². The van der Waals surface area contributed by atoms with E-state index >= 15 is 0 Å². The van der Waals surface area contributed by atoms with Gasteiger partial charge in [-0.15, -0.1) is 0 Å². The van der Waals surface area contributed by atoms with Gasteiger partial charge in [0.2, 0.25) is 0 Å². The molecule has 4 rings (SSSR count). The summed E-state index contributed by atoms with van der Waals surface area (Å²) in [6, 6.07) is 12.1. The van der Waals surface area contributed by atoms with Gasteiger partial charge in [0.1, 0.15) is 0 Å². The first kappa shape index (κ1) is 16.0. The molecule has 2 heteroatoms. The molecule has 3 fully saturated rings. The van der Waals surface area contributed by atoms with Crippen LogP contribution in [-0.4, -0.2) is 34.7 Å². The minimum atomic E-state index is -0.562. The molecule has 1 saturated carbocycles. The van der Waals surface area contributed by atoms with E-state index in [0.29, 0.717) is 18.0 Å². The van der Waals surface area contributed by atoms with Crippen LogP contribution in [0.4, 0.5) is 0 Å². The Bertz CT molecular complexity index is 492. The maximum Gasteiger partial charge on any atom is 0.0634 e. The average Bonchev–Trinajstić information content (AvgIpc) is 2.50. The fraction of sp³-hybridized carbons (Fsp3) is 0.700. The summed E-state index contributed by atoms with van der Waals surface area (Å²) in [4.78, 5) is 2.59. The van der Waals surface area contributed by atoms with Crippen LogP contribution in [0.15, 0.2) is 30.3 Å². The summed E-state index contributed by atoms with van der Waals surface area (Å²) < 4.78 is 0. The van der Waals surface area contributed by atoms with E-state index in [1.165, 1.54) is 24.8 Å². The Balaban J connectivity index is 1.84. The van der Waals surface area contributed by atoms with Crippen molar-refractivity contribution < 1.29 is 5.11 Å². The lowest BCUT2D eigenvalue weighted by molar-refractivity contribution is -0.132. The fourth-order valence-electron chi connectivity index (χ4n) is 5.14. The number of nitrogens with zero attached hydrogens (tertiary/aromatic N) is 1. The van der Waals surface area contributed by atoms with Crippen molar-refractivity contribution in [3.63, 3.8) is 0 Å². The lowest BCUT2D eigenvalue weighted by atomic mass is 9.58. The molecule has 0 spiro atoms. The monoisotopic (exact) mass is 301 g/mol. The van der Waals surface area contributed by atoms with Gasteiger partial charge in [0.15, 0.2) is 0 Å². The van der Waals surface area contributed by atoms with Crippen LogP contribution < -0.4 is 0 Å². The standard InChI is InChI=1S/C20H31NO/c1-5-15-12-19-17(20(2,3)22)13-16(15)18(21(19)4)11-14-9-7-6-8-10-14/h6-10,15-19,22H,5,11-13H2,1-4H3. The number of aliphatic hydroxyl groups is 1. The number of likely N-dealkylation sites (N-methyl/N-ethyl adjacent to an activating group) is 1. The number of rotatable bonds is 4. The lowest BCUT2D eigenvalue weighted by Gasteiger charge is -2.59. The zero-order chi connectivity index (χ0) is 15.9. The molecule has 1 aromatic rings. The van der Waals surface area contributed by atoms with Crippen LogP contribution in [0.25, 0.3) is 0 Å². The highest BCUT2D eigenvalue weighted by molar-refractivity contribution is 5.18. The molecule has 5 atom stereocenters. The SMILES string of the molecule is CCC1CC2C(C(C)(C)O)CC1C(Cc1ccccc1)N2C. The molecule has 5 unspecified atom stereocenters. The molecule has 2 bridgehead atoms. The summed E-state index contributed by atoms with van der Waals surface area (Å²) in [5, 5.41) is 10.6. The van der Waals surface area contributed by atoms with Gasteiger partial charge in [-0.3, -0.25) is 4.90 Å². The average molecular weight is 301 g/mol. The second kappa shape index (κ2) is 5.98. The summed E-state index contributed by atoms with van der Waals surface area (Å²) in [5.41, 5.74) is 0.884. The van der Waals surface area contributed by atoms with Crippen LogP contribution in [0.3, 0.4) is 0 Å². The molecule has 1 aromatic carbocycles. The molecule has 22 heavy (non-hydrogen) atoms. The van der Waals surface area contributed by atoms with E-state index < -0.39 is 5.60 Å². The third kappa shape index (κ3) is 2.83. The van der Waals surface area contributed by atoms with E-state index in [1.807, 2.05) is 13.8 Å².